The number of nitro groups is 1. The highest BCUT2D eigenvalue weighted by atomic mass is 79.9. The maximum Gasteiger partial charge on any atom is 0.312 e. The number of nitrogens with two attached hydrogens (primary N) is 1. The standard InChI is InChI=1S/C10H13BrN2O5S/c1-7-5-8(11)6-9(13(14)15)10(7)18-3-2-4-19(12,16)17/h5-6H,2-4H2,1H3,(H2,12,16,17). The summed E-state index contributed by atoms with van der Waals surface area (Å²) in [6.07, 6.45) is 0.172. The van der Waals surface area contributed by atoms with E-state index in [9.17, 15) is 18.5 Å². The van der Waals surface area contributed by atoms with Crippen molar-refractivity contribution in [3.8, 4) is 5.75 Å². The van der Waals surface area contributed by atoms with Crippen LogP contribution >= 0.6 is 15.9 Å². The van der Waals surface area contributed by atoms with Crippen LogP contribution in [0.25, 0.3) is 0 Å². The van der Waals surface area contributed by atoms with Crippen molar-refractivity contribution in [2.75, 3.05) is 12.4 Å². The zero-order chi connectivity index (χ0) is 14.6. The van der Waals surface area contributed by atoms with Crippen LogP contribution in [0.5, 0.6) is 5.75 Å². The van der Waals surface area contributed by atoms with E-state index >= 15 is 0 Å². The molecular weight excluding hydrogens is 340 g/mol. The second-order valence-corrected chi connectivity index (χ2v) is 6.55. The maximum atomic E-state index is 10.9. The third-order valence-corrected chi connectivity index (χ3v) is 3.55. The van der Waals surface area contributed by atoms with Gasteiger partial charge in [-0.15, -0.1) is 0 Å². The van der Waals surface area contributed by atoms with E-state index in [0.29, 0.717) is 10.0 Å². The van der Waals surface area contributed by atoms with Crippen molar-refractivity contribution >= 4 is 31.6 Å². The molecule has 9 heteroatoms. The van der Waals surface area contributed by atoms with Crippen molar-refractivity contribution in [3.05, 3.63) is 32.3 Å². The van der Waals surface area contributed by atoms with Crippen molar-refractivity contribution in [1.82, 2.24) is 0 Å². The van der Waals surface area contributed by atoms with Crippen molar-refractivity contribution in [2.45, 2.75) is 13.3 Å². The lowest BCUT2D eigenvalue weighted by molar-refractivity contribution is -0.386. The Bertz CT molecular complexity index is 588. The van der Waals surface area contributed by atoms with Crippen LogP contribution in [0.15, 0.2) is 16.6 Å². The molecule has 0 aliphatic heterocycles. The summed E-state index contributed by atoms with van der Waals surface area (Å²) in [6.45, 7) is 1.71. The molecule has 0 aromatic heterocycles. The van der Waals surface area contributed by atoms with E-state index in [1.165, 1.54) is 6.07 Å². The summed E-state index contributed by atoms with van der Waals surface area (Å²) in [5.41, 5.74) is 0.430. The van der Waals surface area contributed by atoms with Gasteiger partial charge in [-0.05, 0) is 25.0 Å². The molecule has 0 saturated carbocycles. The Morgan fingerprint density at radius 1 is 1.47 bits per heavy atom. The highest BCUT2D eigenvalue weighted by molar-refractivity contribution is 9.10. The van der Waals surface area contributed by atoms with E-state index in [1.54, 1.807) is 13.0 Å². The summed E-state index contributed by atoms with van der Waals surface area (Å²) in [6, 6.07) is 3.02. The first-order valence-corrected chi connectivity index (χ1v) is 7.79. The Morgan fingerprint density at radius 3 is 2.63 bits per heavy atom. The van der Waals surface area contributed by atoms with Gasteiger partial charge in [-0.3, -0.25) is 10.1 Å². The number of nitro benzene ring substituents is 1. The molecule has 1 aromatic rings. The molecule has 106 valence electrons. The van der Waals surface area contributed by atoms with E-state index in [0.717, 1.165) is 0 Å². The van der Waals surface area contributed by atoms with Gasteiger partial charge in [-0.2, -0.15) is 0 Å². The molecule has 1 aromatic carbocycles. The number of primary sulfonamides is 1. The van der Waals surface area contributed by atoms with Crippen LogP contribution in [0.3, 0.4) is 0 Å². The molecule has 0 aliphatic carbocycles. The van der Waals surface area contributed by atoms with Gasteiger partial charge >= 0.3 is 5.69 Å². The molecule has 7 nitrogen and oxygen atoms in total. The number of nitrogens with zero attached hydrogens (tertiary/aromatic N) is 1. The first kappa shape index (κ1) is 15.9. The number of ether oxygens (including phenoxy) is 1. The first-order chi connectivity index (χ1) is 8.70. The molecule has 0 unspecified atom stereocenters. The van der Waals surface area contributed by atoms with Crippen LogP contribution in [-0.4, -0.2) is 25.7 Å². The van der Waals surface area contributed by atoms with Gasteiger partial charge in [0, 0.05) is 10.5 Å². The normalized spacial score (nSPS) is 11.3. The Hall–Kier alpha value is -1.19. The topological polar surface area (TPSA) is 113 Å². The van der Waals surface area contributed by atoms with Gasteiger partial charge in [0.15, 0.2) is 5.75 Å². The lowest BCUT2D eigenvalue weighted by Crippen LogP contribution is -2.18. The predicted molar refractivity (Wildman–Crippen MR) is 73.6 cm³/mol. The minimum Gasteiger partial charge on any atom is -0.487 e. The highest BCUT2D eigenvalue weighted by Crippen LogP contribution is 2.34. The summed E-state index contributed by atoms with van der Waals surface area (Å²) in [7, 11) is -3.54. The molecule has 0 aliphatic rings. The molecule has 0 bridgehead atoms. The van der Waals surface area contributed by atoms with Gasteiger partial charge < -0.3 is 4.74 Å². The average molecular weight is 353 g/mol. The monoisotopic (exact) mass is 352 g/mol. The third kappa shape index (κ3) is 5.13. The number of hydrogen-bond acceptors (Lipinski definition) is 5. The van der Waals surface area contributed by atoms with E-state index < -0.39 is 14.9 Å². The summed E-state index contributed by atoms with van der Waals surface area (Å²) in [5.74, 6) is -0.0845. The third-order valence-electron chi connectivity index (χ3n) is 2.24. The summed E-state index contributed by atoms with van der Waals surface area (Å²) < 4.78 is 27.3. The van der Waals surface area contributed by atoms with Gasteiger partial charge in [-0.25, -0.2) is 13.6 Å². The Balaban J connectivity index is 2.80. The van der Waals surface area contributed by atoms with Crippen LogP contribution in [0.1, 0.15) is 12.0 Å². The molecule has 0 amide bonds. The summed E-state index contributed by atoms with van der Waals surface area (Å²) in [5, 5.41) is 15.8. The number of halogens is 1. The molecule has 0 radical (unpaired) electrons. The molecule has 0 heterocycles. The Kier molecular flexibility index (Phi) is 5.27. The lowest BCUT2D eigenvalue weighted by Gasteiger charge is -2.09. The average Bonchev–Trinajstić information content (AvgIpc) is 2.24. The highest BCUT2D eigenvalue weighted by Gasteiger charge is 2.19. The minimum atomic E-state index is -3.54. The number of sulfonamides is 1. The lowest BCUT2D eigenvalue weighted by atomic mass is 10.2. The van der Waals surface area contributed by atoms with E-state index in [1.807, 2.05) is 0 Å². The number of benzene rings is 1. The predicted octanol–water partition coefficient (Wildman–Crippen LogP) is 1.72. The van der Waals surface area contributed by atoms with Crippen molar-refractivity contribution < 1.29 is 18.1 Å². The van der Waals surface area contributed by atoms with Crippen molar-refractivity contribution in [2.24, 2.45) is 5.14 Å². The van der Waals surface area contributed by atoms with Gasteiger partial charge in [-0.1, -0.05) is 15.9 Å². The fourth-order valence-corrected chi connectivity index (χ4v) is 2.55. The second-order valence-electron chi connectivity index (χ2n) is 3.90. The zero-order valence-corrected chi connectivity index (χ0v) is 12.5. The minimum absolute atomic E-state index is 0.0414. The van der Waals surface area contributed by atoms with Crippen molar-refractivity contribution in [1.29, 1.82) is 0 Å². The van der Waals surface area contributed by atoms with Crippen LogP contribution in [0.4, 0.5) is 5.69 Å². The molecule has 0 atom stereocenters. The second kappa shape index (κ2) is 6.31. The smallest absolute Gasteiger partial charge is 0.312 e. The van der Waals surface area contributed by atoms with E-state index in [4.69, 9.17) is 9.88 Å². The number of rotatable bonds is 6. The molecule has 0 fully saturated rings. The SMILES string of the molecule is Cc1cc(Br)cc([N+](=O)[O-])c1OCCCS(N)(=O)=O. The molecular formula is C10H13BrN2O5S. The fourth-order valence-electron chi connectivity index (χ4n) is 1.47. The quantitative estimate of drug-likeness (QED) is 0.475. The Labute approximate surface area is 119 Å². The Morgan fingerprint density at radius 2 is 2.11 bits per heavy atom. The largest absolute Gasteiger partial charge is 0.487 e. The molecule has 19 heavy (non-hydrogen) atoms. The van der Waals surface area contributed by atoms with Gasteiger partial charge in [0.25, 0.3) is 0 Å². The number of hydrogen-bond donors (Lipinski definition) is 1. The van der Waals surface area contributed by atoms with Gasteiger partial charge in [0.2, 0.25) is 10.0 Å². The van der Waals surface area contributed by atoms with Crippen LogP contribution in [-0.2, 0) is 10.0 Å². The van der Waals surface area contributed by atoms with Gasteiger partial charge in [0.1, 0.15) is 0 Å². The first-order valence-electron chi connectivity index (χ1n) is 5.28. The molecule has 1 rings (SSSR count). The summed E-state index contributed by atoms with van der Waals surface area (Å²) in [4.78, 5) is 10.4. The molecule has 2 N–H and O–H groups in total. The molecule has 0 saturated heterocycles. The molecule has 0 spiro atoms. The van der Waals surface area contributed by atoms with Crippen LogP contribution < -0.4 is 9.88 Å². The van der Waals surface area contributed by atoms with Crippen LogP contribution in [0, 0.1) is 17.0 Å². The fraction of sp³-hybridized carbons (Fsp3) is 0.400. The van der Waals surface area contributed by atoms with E-state index in [-0.39, 0.29) is 30.2 Å². The maximum absolute atomic E-state index is 10.9. The number of aryl methyl sites for hydroxylation is 1. The van der Waals surface area contributed by atoms with Crippen molar-refractivity contribution in [3.63, 3.8) is 0 Å². The van der Waals surface area contributed by atoms with E-state index in [2.05, 4.69) is 15.9 Å². The van der Waals surface area contributed by atoms with Crippen LogP contribution in [0.2, 0.25) is 0 Å². The van der Waals surface area contributed by atoms with Gasteiger partial charge in [0.05, 0.1) is 17.3 Å². The summed E-state index contributed by atoms with van der Waals surface area (Å²) >= 11 is 3.17. The zero-order valence-electron chi connectivity index (χ0n) is 10.1.